The molecular formula is C19H33N5S. The number of guanidine groups is 1. The smallest absolute Gasteiger partial charge is 0.193 e. The van der Waals surface area contributed by atoms with Crippen molar-refractivity contribution in [2.75, 3.05) is 45.2 Å². The van der Waals surface area contributed by atoms with Crippen molar-refractivity contribution in [2.24, 2.45) is 12.0 Å². The predicted octanol–water partition coefficient (Wildman–Crippen LogP) is 2.39. The topological polar surface area (TPSA) is 35.8 Å². The van der Waals surface area contributed by atoms with Crippen LogP contribution in [0.3, 0.4) is 0 Å². The molecule has 1 aliphatic heterocycles. The summed E-state index contributed by atoms with van der Waals surface area (Å²) in [6, 6.07) is 4.27. The molecule has 0 bridgehead atoms. The molecule has 1 aromatic heterocycles. The van der Waals surface area contributed by atoms with Gasteiger partial charge in [0.05, 0.1) is 6.54 Å². The van der Waals surface area contributed by atoms with Crippen LogP contribution in [0.5, 0.6) is 0 Å². The SMILES string of the molecule is CN=C(NCC1(N2CCSCC2)CCCC1)N(C)Cc1cccn1C. The van der Waals surface area contributed by atoms with Crippen LogP contribution >= 0.6 is 11.8 Å². The monoisotopic (exact) mass is 363 g/mol. The van der Waals surface area contributed by atoms with Gasteiger partial charge in [0.1, 0.15) is 0 Å². The predicted molar refractivity (Wildman–Crippen MR) is 108 cm³/mol. The van der Waals surface area contributed by atoms with E-state index in [1.165, 1.54) is 56.0 Å². The molecule has 5 nitrogen and oxygen atoms in total. The van der Waals surface area contributed by atoms with Crippen molar-refractivity contribution in [3.63, 3.8) is 0 Å². The van der Waals surface area contributed by atoms with Crippen molar-refractivity contribution >= 4 is 17.7 Å². The number of aryl methyl sites for hydroxylation is 1. The Morgan fingerprint density at radius 2 is 2.04 bits per heavy atom. The first kappa shape index (κ1) is 18.6. The van der Waals surface area contributed by atoms with Gasteiger partial charge in [0.2, 0.25) is 0 Å². The fourth-order valence-electron chi connectivity index (χ4n) is 4.28. The Kier molecular flexibility index (Phi) is 6.34. The van der Waals surface area contributed by atoms with E-state index in [9.17, 15) is 0 Å². The van der Waals surface area contributed by atoms with E-state index in [-0.39, 0.29) is 0 Å². The van der Waals surface area contributed by atoms with Crippen LogP contribution in [0.1, 0.15) is 31.4 Å². The first-order valence-electron chi connectivity index (χ1n) is 9.49. The van der Waals surface area contributed by atoms with Gasteiger partial charge in [-0.25, -0.2) is 0 Å². The Balaban J connectivity index is 1.61. The first-order valence-corrected chi connectivity index (χ1v) is 10.6. The summed E-state index contributed by atoms with van der Waals surface area (Å²) < 4.78 is 2.17. The summed E-state index contributed by atoms with van der Waals surface area (Å²) in [6.07, 6.45) is 7.47. The highest BCUT2D eigenvalue weighted by Crippen LogP contribution is 2.36. The molecule has 6 heteroatoms. The van der Waals surface area contributed by atoms with Crippen molar-refractivity contribution in [2.45, 2.75) is 37.8 Å². The second kappa shape index (κ2) is 8.49. The molecule has 0 atom stereocenters. The first-order chi connectivity index (χ1) is 12.1. The Hall–Kier alpha value is -1.14. The molecule has 2 aliphatic rings. The molecule has 0 aromatic carbocycles. The highest BCUT2D eigenvalue weighted by Gasteiger charge is 2.40. The second-order valence-electron chi connectivity index (χ2n) is 7.40. The molecule has 2 heterocycles. The van der Waals surface area contributed by atoms with Crippen LogP contribution in [0.2, 0.25) is 0 Å². The van der Waals surface area contributed by atoms with Gasteiger partial charge >= 0.3 is 0 Å². The van der Waals surface area contributed by atoms with Crippen molar-refractivity contribution in [1.29, 1.82) is 0 Å². The molecular weight excluding hydrogens is 330 g/mol. The Morgan fingerprint density at radius 1 is 1.32 bits per heavy atom. The number of rotatable bonds is 5. The van der Waals surface area contributed by atoms with Gasteiger partial charge in [-0.15, -0.1) is 0 Å². The summed E-state index contributed by atoms with van der Waals surface area (Å²) >= 11 is 2.10. The molecule has 1 aliphatic carbocycles. The average molecular weight is 364 g/mol. The molecule has 0 spiro atoms. The van der Waals surface area contributed by atoms with E-state index in [4.69, 9.17) is 0 Å². The fourth-order valence-corrected chi connectivity index (χ4v) is 5.19. The fraction of sp³-hybridized carbons (Fsp3) is 0.737. The van der Waals surface area contributed by atoms with Gasteiger partial charge < -0.3 is 14.8 Å². The van der Waals surface area contributed by atoms with E-state index < -0.39 is 0 Å². The zero-order chi connectivity index (χ0) is 17.7. The zero-order valence-corrected chi connectivity index (χ0v) is 16.8. The van der Waals surface area contributed by atoms with Gasteiger partial charge in [0.15, 0.2) is 5.96 Å². The van der Waals surface area contributed by atoms with E-state index in [0.29, 0.717) is 5.54 Å². The van der Waals surface area contributed by atoms with Crippen LogP contribution in [0.4, 0.5) is 0 Å². The van der Waals surface area contributed by atoms with Crippen molar-refractivity contribution in [3.8, 4) is 0 Å². The minimum Gasteiger partial charge on any atom is -0.354 e. The standard InChI is InChI=1S/C19H33N5S/c1-20-18(23(3)15-17-7-6-10-22(17)2)21-16-19(8-4-5-9-19)24-11-13-25-14-12-24/h6-7,10H,4-5,8-9,11-16H2,1-3H3,(H,20,21). The highest BCUT2D eigenvalue weighted by atomic mass is 32.2. The summed E-state index contributed by atoms with van der Waals surface area (Å²) in [4.78, 5) is 9.52. The summed E-state index contributed by atoms with van der Waals surface area (Å²) in [5.74, 6) is 3.56. The molecule has 1 aromatic rings. The molecule has 0 amide bonds. The maximum absolute atomic E-state index is 4.53. The normalized spacial score (nSPS) is 21.5. The van der Waals surface area contributed by atoms with Gasteiger partial charge in [0, 0.05) is 69.7 Å². The number of hydrogen-bond donors (Lipinski definition) is 1. The average Bonchev–Trinajstić information content (AvgIpc) is 3.27. The molecule has 1 saturated carbocycles. The second-order valence-corrected chi connectivity index (χ2v) is 8.62. The van der Waals surface area contributed by atoms with Gasteiger partial charge in [-0.05, 0) is 25.0 Å². The molecule has 2 fully saturated rings. The lowest BCUT2D eigenvalue weighted by Crippen LogP contribution is -2.57. The maximum atomic E-state index is 4.53. The van der Waals surface area contributed by atoms with E-state index in [0.717, 1.165) is 19.0 Å². The minimum absolute atomic E-state index is 0.336. The number of aliphatic imine (C=N–C) groups is 1. The Morgan fingerprint density at radius 3 is 2.64 bits per heavy atom. The number of nitrogens with one attached hydrogen (secondary N) is 1. The molecule has 3 rings (SSSR count). The summed E-state index contributed by atoms with van der Waals surface area (Å²) in [5.41, 5.74) is 1.64. The zero-order valence-electron chi connectivity index (χ0n) is 16.0. The van der Waals surface area contributed by atoms with Crippen LogP contribution in [-0.4, -0.2) is 71.1 Å². The maximum Gasteiger partial charge on any atom is 0.193 e. The summed E-state index contributed by atoms with van der Waals surface area (Å²) in [7, 11) is 6.12. The molecule has 140 valence electrons. The molecule has 0 radical (unpaired) electrons. The quantitative estimate of drug-likeness (QED) is 0.644. The molecule has 1 N–H and O–H groups in total. The van der Waals surface area contributed by atoms with E-state index in [1.807, 2.05) is 7.05 Å². The van der Waals surface area contributed by atoms with Crippen LogP contribution < -0.4 is 5.32 Å². The molecule has 0 unspecified atom stereocenters. The van der Waals surface area contributed by atoms with E-state index >= 15 is 0 Å². The van der Waals surface area contributed by atoms with Gasteiger partial charge in [-0.1, -0.05) is 12.8 Å². The van der Waals surface area contributed by atoms with Gasteiger partial charge in [-0.3, -0.25) is 9.89 Å². The van der Waals surface area contributed by atoms with Crippen molar-refractivity contribution in [1.82, 2.24) is 19.7 Å². The minimum atomic E-state index is 0.336. The third kappa shape index (κ3) is 4.34. The lowest BCUT2D eigenvalue weighted by atomic mass is 9.94. The lowest BCUT2D eigenvalue weighted by molar-refractivity contribution is 0.106. The van der Waals surface area contributed by atoms with Crippen LogP contribution in [0, 0.1) is 0 Å². The third-order valence-electron chi connectivity index (χ3n) is 5.82. The number of thioether (sulfide) groups is 1. The number of nitrogens with zero attached hydrogens (tertiary/aromatic N) is 4. The van der Waals surface area contributed by atoms with Crippen LogP contribution in [0.15, 0.2) is 23.3 Å². The van der Waals surface area contributed by atoms with Gasteiger partial charge in [0.25, 0.3) is 0 Å². The van der Waals surface area contributed by atoms with E-state index in [1.54, 1.807) is 0 Å². The number of hydrogen-bond acceptors (Lipinski definition) is 3. The molecule has 1 saturated heterocycles. The lowest BCUT2D eigenvalue weighted by Gasteiger charge is -2.44. The Labute approximate surface area is 156 Å². The van der Waals surface area contributed by atoms with Crippen molar-refractivity contribution < 1.29 is 0 Å². The highest BCUT2D eigenvalue weighted by molar-refractivity contribution is 7.99. The summed E-state index contributed by atoms with van der Waals surface area (Å²) in [6.45, 7) is 4.37. The van der Waals surface area contributed by atoms with Gasteiger partial charge in [-0.2, -0.15) is 11.8 Å². The van der Waals surface area contributed by atoms with Crippen LogP contribution in [0.25, 0.3) is 0 Å². The largest absolute Gasteiger partial charge is 0.354 e. The van der Waals surface area contributed by atoms with Crippen molar-refractivity contribution in [3.05, 3.63) is 24.0 Å². The Bertz CT molecular complexity index is 570. The summed E-state index contributed by atoms with van der Waals surface area (Å²) in [5, 5.41) is 3.70. The molecule has 25 heavy (non-hydrogen) atoms. The van der Waals surface area contributed by atoms with Crippen LogP contribution in [-0.2, 0) is 13.6 Å². The number of aromatic nitrogens is 1. The third-order valence-corrected chi connectivity index (χ3v) is 6.76. The van der Waals surface area contributed by atoms with E-state index in [2.05, 4.69) is 68.9 Å².